The highest BCUT2D eigenvalue weighted by molar-refractivity contribution is 5.96. The molecule has 1 aliphatic heterocycles. The van der Waals surface area contributed by atoms with E-state index in [9.17, 15) is 4.79 Å². The first-order valence-electron chi connectivity index (χ1n) is 6.83. The van der Waals surface area contributed by atoms with Crippen LogP contribution in [-0.2, 0) is 4.74 Å². The molecular weight excluding hydrogens is 242 g/mol. The Morgan fingerprint density at radius 2 is 2.37 bits per heavy atom. The fourth-order valence-electron chi connectivity index (χ4n) is 2.47. The van der Waals surface area contributed by atoms with Crippen molar-refractivity contribution in [1.82, 2.24) is 4.98 Å². The number of hydrogen-bond donors (Lipinski definition) is 1. The van der Waals surface area contributed by atoms with E-state index in [0.717, 1.165) is 31.6 Å². The molecule has 1 aromatic heterocycles. The summed E-state index contributed by atoms with van der Waals surface area (Å²) < 4.78 is 5.09. The predicted molar refractivity (Wildman–Crippen MR) is 75.2 cm³/mol. The van der Waals surface area contributed by atoms with Crippen molar-refractivity contribution in [2.24, 2.45) is 5.92 Å². The van der Waals surface area contributed by atoms with Crippen LogP contribution in [0.25, 0.3) is 0 Å². The van der Waals surface area contributed by atoms with Gasteiger partial charge >= 0.3 is 5.97 Å². The molecular formula is C14H21N3O2. The minimum atomic E-state index is -0.327. The normalized spacial score (nSPS) is 18.6. The number of aromatic nitrogens is 1. The van der Waals surface area contributed by atoms with Gasteiger partial charge in [-0.1, -0.05) is 13.3 Å². The van der Waals surface area contributed by atoms with Crippen LogP contribution >= 0.6 is 0 Å². The topological polar surface area (TPSA) is 68.5 Å². The zero-order valence-electron chi connectivity index (χ0n) is 11.6. The van der Waals surface area contributed by atoms with Gasteiger partial charge in [0.25, 0.3) is 0 Å². The Bertz CT molecular complexity index is 462. The lowest BCUT2D eigenvalue weighted by molar-refractivity contribution is 0.0527. The minimum Gasteiger partial charge on any atom is -0.462 e. The van der Waals surface area contributed by atoms with Gasteiger partial charge in [0.2, 0.25) is 0 Å². The van der Waals surface area contributed by atoms with Crippen LogP contribution in [0.5, 0.6) is 0 Å². The highest BCUT2D eigenvalue weighted by Gasteiger charge is 2.25. The highest BCUT2D eigenvalue weighted by Crippen LogP contribution is 2.29. The number of nitrogens with two attached hydrogens (primary N) is 1. The van der Waals surface area contributed by atoms with Crippen molar-refractivity contribution in [3.63, 3.8) is 0 Å². The third kappa shape index (κ3) is 2.97. The molecule has 0 aromatic carbocycles. The number of ether oxygens (including phenoxy) is 1. The molecule has 19 heavy (non-hydrogen) atoms. The highest BCUT2D eigenvalue weighted by atomic mass is 16.5. The molecule has 2 rings (SSSR count). The van der Waals surface area contributed by atoms with Crippen molar-refractivity contribution in [3.8, 4) is 0 Å². The van der Waals surface area contributed by atoms with E-state index < -0.39 is 0 Å². The Hall–Kier alpha value is -1.78. The zero-order valence-corrected chi connectivity index (χ0v) is 11.6. The van der Waals surface area contributed by atoms with Gasteiger partial charge in [0.15, 0.2) is 0 Å². The summed E-state index contributed by atoms with van der Waals surface area (Å²) >= 11 is 0. The lowest BCUT2D eigenvalue weighted by Crippen LogP contribution is -2.23. The van der Waals surface area contributed by atoms with Crippen molar-refractivity contribution in [3.05, 3.63) is 17.8 Å². The van der Waals surface area contributed by atoms with Crippen LogP contribution in [0.1, 0.15) is 37.0 Å². The fourth-order valence-corrected chi connectivity index (χ4v) is 2.47. The molecule has 104 valence electrons. The summed E-state index contributed by atoms with van der Waals surface area (Å²) in [6.07, 6.45) is 4.00. The van der Waals surface area contributed by atoms with Crippen LogP contribution in [0.4, 0.5) is 11.5 Å². The summed E-state index contributed by atoms with van der Waals surface area (Å²) in [5, 5.41) is 0. The van der Waals surface area contributed by atoms with Crippen LogP contribution in [0.15, 0.2) is 12.3 Å². The number of anilines is 2. The Balaban J connectivity index is 2.27. The van der Waals surface area contributed by atoms with Gasteiger partial charge in [-0.25, -0.2) is 9.78 Å². The molecule has 0 aliphatic carbocycles. The molecule has 1 aliphatic rings. The third-order valence-corrected chi connectivity index (χ3v) is 3.60. The second-order valence-corrected chi connectivity index (χ2v) is 4.86. The van der Waals surface area contributed by atoms with Crippen molar-refractivity contribution in [1.29, 1.82) is 0 Å². The molecule has 2 heterocycles. The fraction of sp³-hybridized carbons (Fsp3) is 0.571. The second-order valence-electron chi connectivity index (χ2n) is 4.86. The molecule has 1 saturated heterocycles. The molecule has 1 atom stereocenters. The van der Waals surface area contributed by atoms with E-state index in [1.807, 2.05) is 0 Å². The van der Waals surface area contributed by atoms with Gasteiger partial charge in [-0.3, -0.25) is 0 Å². The van der Waals surface area contributed by atoms with Gasteiger partial charge in [-0.2, -0.15) is 0 Å². The summed E-state index contributed by atoms with van der Waals surface area (Å²) in [6.45, 7) is 6.27. The number of rotatable bonds is 4. The largest absolute Gasteiger partial charge is 0.462 e. The van der Waals surface area contributed by atoms with E-state index in [2.05, 4.69) is 16.8 Å². The van der Waals surface area contributed by atoms with E-state index >= 15 is 0 Å². The van der Waals surface area contributed by atoms with Gasteiger partial charge in [0.1, 0.15) is 5.82 Å². The van der Waals surface area contributed by atoms with Gasteiger partial charge in [-0.05, 0) is 25.3 Å². The van der Waals surface area contributed by atoms with Crippen LogP contribution in [-0.4, -0.2) is 30.6 Å². The summed E-state index contributed by atoms with van der Waals surface area (Å²) in [5.74, 6) is 0.706. The molecule has 0 spiro atoms. The molecule has 2 N–H and O–H groups in total. The Kier molecular flexibility index (Phi) is 4.24. The molecule has 1 fully saturated rings. The Morgan fingerprint density at radius 3 is 3.00 bits per heavy atom. The van der Waals surface area contributed by atoms with E-state index in [0.29, 0.717) is 23.9 Å². The van der Waals surface area contributed by atoms with Gasteiger partial charge in [0, 0.05) is 13.1 Å². The summed E-state index contributed by atoms with van der Waals surface area (Å²) in [6, 6.07) is 1.60. The van der Waals surface area contributed by atoms with Crippen LogP contribution < -0.4 is 10.6 Å². The summed E-state index contributed by atoms with van der Waals surface area (Å²) in [4.78, 5) is 18.3. The Morgan fingerprint density at radius 1 is 1.58 bits per heavy atom. The lowest BCUT2D eigenvalue weighted by Gasteiger charge is -2.21. The molecule has 0 saturated carbocycles. The van der Waals surface area contributed by atoms with Crippen molar-refractivity contribution < 1.29 is 9.53 Å². The van der Waals surface area contributed by atoms with Crippen LogP contribution in [0.2, 0.25) is 0 Å². The lowest BCUT2D eigenvalue weighted by atomic mass is 10.1. The third-order valence-electron chi connectivity index (χ3n) is 3.60. The maximum absolute atomic E-state index is 12.0. The van der Waals surface area contributed by atoms with E-state index in [1.54, 1.807) is 19.2 Å². The summed E-state index contributed by atoms with van der Waals surface area (Å²) in [5.41, 5.74) is 7.03. The van der Waals surface area contributed by atoms with E-state index in [1.165, 1.54) is 0 Å². The number of hydrogen-bond acceptors (Lipinski definition) is 5. The first kappa shape index (κ1) is 13.6. The van der Waals surface area contributed by atoms with Gasteiger partial charge < -0.3 is 15.4 Å². The number of carbonyl (C=O) groups excluding carboxylic acids is 1. The average molecular weight is 263 g/mol. The second kappa shape index (κ2) is 5.91. The zero-order chi connectivity index (χ0) is 13.8. The monoisotopic (exact) mass is 263 g/mol. The number of esters is 1. The maximum Gasteiger partial charge on any atom is 0.340 e. The predicted octanol–water partition coefficient (Wildman–Crippen LogP) is 2.08. The molecule has 1 unspecified atom stereocenters. The molecule has 5 nitrogen and oxygen atoms in total. The van der Waals surface area contributed by atoms with Crippen molar-refractivity contribution >= 4 is 17.5 Å². The molecule has 0 amide bonds. The van der Waals surface area contributed by atoms with Gasteiger partial charge in [0.05, 0.1) is 24.1 Å². The van der Waals surface area contributed by atoms with E-state index in [4.69, 9.17) is 10.5 Å². The number of nitrogens with zero attached hydrogens (tertiary/aromatic N) is 2. The first-order valence-corrected chi connectivity index (χ1v) is 6.83. The average Bonchev–Trinajstić information content (AvgIpc) is 2.87. The quantitative estimate of drug-likeness (QED) is 0.842. The maximum atomic E-state index is 12.0. The first-order chi connectivity index (χ1) is 9.15. The standard InChI is InChI=1S/C14H21N3O2/c1-3-10-5-6-17(9-10)12-8-16-13(15)7-11(12)14(18)19-4-2/h7-8,10H,3-6,9H2,1-2H3,(H2,15,16). The summed E-state index contributed by atoms with van der Waals surface area (Å²) in [7, 11) is 0. The number of nitrogen functional groups attached to an aromatic ring is 1. The van der Waals surface area contributed by atoms with Gasteiger partial charge in [-0.15, -0.1) is 0 Å². The van der Waals surface area contributed by atoms with Crippen molar-refractivity contribution in [2.75, 3.05) is 30.3 Å². The SMILES string of the molecule is CCOC(=O)c1cc(N)ncc1N1CCC(CC)C1. The van der Waals surface area contributed by atoms with E-state index in [-0.39, 0.29) is 5.97 Å². The molecule has 0 radical (unpaired) electrons. The number of carbonyl (C=O) groups is 1. The molecule has 0 bridgehead atoms. The molecule has 5 heteroatoms. The van der Waals surface area contributed by atoms with Crippen LogP contribution in [0.3, 0.4) is 0 Å². The Labute approximate surface area is 113 Å². The molecule has 1 aromatic rings. The number of pyridine rings is 1. The van der Waals surface area contributed by atoms with Crippen LogP contribution in [0, 0.1) is 5.92 Å². The van der Waals surface area contributed by atoms with Crippen molar-refractivity contribution in [2.45, 2.75) is 26.7 Å². The smallest absolute Gasteiger partial charge is 0.340 e. The minimum absolute atomic E-state index is 0.327.